The second-order valence-electron chi connectivity index (χ2n) is 15.8. The summed E-state index contributed by atoms with van der Waals surface area (Å²) >= 11 is 0. The van der Waals surface area contributed by atoms with Crippen LogP contribution >= 0.6 is 0 Å². The molecule has 1 unspecified atom stereocenters. The van der Waals surface area contributed by atoms with Crippen LogP contribution < -0.4 is 5.32 Å². The molecule has 8 atom stereocenters. The average Bonchev–Trinajstić information content (AvgIpc) is 3.04. The highest BCUT2D eigenvalue weighted by molar-refractivity contribution is 5.98. The third-order valence-electron chi connectivity index (χ3n) is 13.1. The van der Waals surface area contributed by atoms with Gasteiger partial charge in [-0.15, -0.1) is 0 Å². The summed E-state index contributed by atoms with van der Waals surface area (Å²) in [6, 6.07) is 9.72. The Kier molecular flexibility index (Phi) is 9.03. The van der Waals surface area contributed by atoms with Crippen molar-refractivity contribution in [3.05, 3.63) is 47.5 Å². The van der Waals surface area contributed by atoms with Gasteiger partial charge in [-0.05, 0) is 73.7 Å². The molecule has 1 N–H and O–H groups in total. The summed E-state index contributed by atoms with van der Waals surface area (Å²) in [6.07, 6.45) is 8.34. The van der Waals surface area contributed by atoms with Crippen LogP contribution in [0.15, 0.2) is 42.0 Å². The summed E-state index contributed by atoms with van der Waals surface area (Å²) in [5.74, 6) is -0.0958. The van der Waals surface area contributed by atoms with Crippen LogP contribution in [0.2, 0.25) is 0 Å². The van der Waals surface area contributed by atoms with E-state index in [-0.39, 0.29) is 77.6 Å². The number of hydrogen-bond donors (Lipinski definition) is 1. The standard InChI is InChI=1S/C39H52N2O6/c1-6-47-33(45)21-40-32(44)23-41(22-25-11-8-7-9-12-25)36(46)38(5)17-10-16-37(4)30(38)15-18-39-20-27(24(2)3)26(19-31(37)39)34-28(42)13-14-29(43)35(34)39/h7-9,11-12,20,24,26,30-31,34-35H,6,10,13-19,21-23H2,1-5H3,(H,40,44)/t26?,30-,31-,34+,35-,37+,38+,39+/m1/s1. The monoisotopic (exact) mass is 644 g/mol. The SMILES string of the molecule is CCOC(=O)CNC(=O)CN(Cc1ccccc1)C(=O)[C@@]1(C)CCC[C@]2(C)[C@H]3CC4C(C(C)C)=C[C@]3(CC[C@H]21)[C@@H]1C(=O)CCC(=O)[C@H]41. The van der Waals surface area contributed by atoms with E-state index in [9.17, 15) is 24.0 Å². The lowest BCUT2D eigenvalue weighted by Gasteiger charge is -2.70. The molecule has 254 valence electrons. The number of Topliss-reactive ketones (excluding diaryl/α,β-unsaturated/α-hetero) is 2. The van der Waals surface area contributed by atoms with Gasteiger partial charge in [-0.3, -0.25) is 24.0 Å². The Balaban J connectivity index is 1.32. The minimum absolute atomic E-state index is 0.0271. The number of ether oxygens (including phenoxy) is 1. The van der Waals surface area contributed by atoms with Crippen molar-refractivity contribution in [3.63, 3.8) is 0 Å². The van der Waals surface area contributed by atoms with E-state index in [0.717, 1.165) is 44.1 Å². The number of nitrogens with one attached hydrogen (secondary N) is 1. The summed E-state index contributed by atoms with van der Waals surface area (Å²) in [5, 5.41) is 2.65. The average molecular weight is 645 g/mol. The van der Waals surface area contributed by atoms with Gasteiger partial charge in [-0.1, -0.05) is 76.1 Å². The molecule has 6 aliphatic carbocycles. The molecule has 0 heterocycles. The molecule has 8 nitrogen and oxygen atoms in total. The van der Waals surface area contributed by atoms with Gasteiger partial charge in [0.05, 0.1) is 13.2 Å². The van der Waals surface area contributed by atoms with Crippen LogP contribution in [0.25, 0.3) is 0 Å². The molecule has 2 bridgehead atoms. The third-order valence-corrected chi connectivity index (χ3v) is 13.1. The van der Waals surface area contributed by atoms with Crippen molar-refractivity contribution in [1.82, 2.24) is 10.2 Å². The molecule has 0 radical (unpaired) electrons. The molecule has 0 saturated heterocycles. The first kappa shape index (κ1) is 33.6. The van der Waals surface area contributed by atoms with Gasteiger partial charge in [0.25, 0.3) is 0 Å². The predicted molar refractivity (Wildman–Crippen MR) is 177 cm³/mol. The number of benzene rings is 1. The number of rotatable bonds is 9. The van der Waals surface area contributed by atoms with E-state index in [4.69, 9.17) is 4.74 Å². The fraction of sp³-hybridized carbons (Fsp3) is 0.667. The molecule has 1 spiro atoms. The van der Waals surface area contributed by atoms with Gasteiger partial charge in [-0.2, -0.15) is 0 Å². The predicted octanol–water partition coefficient (Wildman–Crippen LogP) is 5.68. The number of amides is 2. The highest BCUT2D eigenvalue weighted by Crippen LogP contribution is 2.74. The van der Waals surface area contributed by atoms with Crippen molar-refractivity contribution in [2.45, 2.75) is 92.5 Å². The topological polar surface area (TPSA) is 110 Å². The first-order valence-electron chi connectivity index (χ1n) is 17.9. The van der Waals surface area contributed by atoms with E-state index >= 15 is 0 Å². The first-order chi connectivity index (χ1) is 22.4. The Labute approximate surface area is 279 Å². The van der Waals surface area contributed by atoms with Crippen LogP contribution in [-0.2, 0) is 35.3 Å². The summed E-state index contributed by atoms with van der Waals surface area (Å²) in [4.78, 5) is 69.0. The van der Waals surface area contributed by atoms with Gasteiger partial charge in [0.1, 0.15) is 18.1 Å². The Morgan fingerprint density at radius 1 is 1.00 bits per heavy atom. The van der Waals surface area contributed by atoms with E-state index < -0.39 is 17.3 Å². The zero-order chi connectivity index (χ0) is 33.7. The van der Waals surface area contributed by atoms with Gasteiger partial charge in [0, 0.05) is 42.1 Å². The summed E-state index contributed by atoms with van der Waals surface area (Å²) < 4.78 is 4.97. The van der Waals surface area contributed by atoms with Gasteiger partial charge in [-0.25, -0.2) is 0 Å². The molecule has 6 aliphatic rings. The van der Waals surface area contributed by atoms with E-state index in [1.165, 1.54) is 5.57 Å². The van der Waals surface area contributed by atoms with Gasteiger partial charge in [0.2, 0.25) is 11.8 Å². The minimum atomic E-state index is -0.697. The number of carbonyl (C=O) groups is 5. The maximum Gasteiger partial charge on any atom is 0.325 e. The van der Waals surface area contributed by atoms with Crippen LogP contribution in [0.1, 0.15) is 91.5 Å². The molecule has 7 rings (SSSR count). The molecule has 0 aliphatic heterocycles. The molecular formula is C39H52N2O6. The Hall–Kier alpha value is -3.29. The smallest absolute Gasteiger partial charge is 0.325 e. The van der Waals surface area contributed by atoms with E-state index in [1.54, 1.807) is 11.8 Å². The number of esters is 1. The van der Waals surface area contributed by atoms with Crippen molar-refractivity contribution in [2.75, 3.05) is 19.7 Å². The normalized spacial score (nSPS) is 35.7. The van der Waals surface area contributed by atoms with Crippen LogP contribution in [0.4, 0.5) is 0 Å². The first-order valence-corrected chi connectivity index (χ1v) is 17.9. The van der Waals surface area contributed by atoms with E-state index in [1.807, 2.05) is 30.3 Å². The maximum atomic E-state index is 14.9. The molecule has 47 heavy (non-hydrogen) atoms. The Morgan fingerprint density at radius 2 is 1.72 bits per heavy atom. The van der Waals surface area contributed by atoms with Crippen molar-refractivity contribution >= 4 is 29.4 Å². The largest absolute Gasteiger partial charge is 0.465 e. The molecule has 2 amide bonds. The Bertz CT molecular complexity index is 1470. The summed E-state index contributed by atoms with van der Waals surface area (Å²) in [7, 11) is 0. The second-order valence-corrected chi connectivity index (χ2v) is 15.8. The molecule has 8 heteroatoms. The van der Waals surface area contributed by atoms with Crippen LogP contribution in [-0.4, -0.2) is 53.9 Å². The maximum absolute atomic E-state index is 14.9. The van der Waals surface area contributed by atoms with Crippen LogP contribution in [0.5, 0.6) is 0 Å². The lowest BCUT2D eigenvalue weighted by molar-refractivity contribution is -0.198. The van der Waals surface area contributed by atoms with Gasteiger partial charge < -0.3 is 15.0 Å². The zero-order valence-corrected chi connectivity index (χ0v) is 28.8. The van der Waals surface area contributed by atoms with Crippen molar-refractivity contribution in [1.29, 1.82) is 0 Å². The number of ketones is 2. The quantitative estimate of drug-likeness (QED) is 0.274. The van der Waals surface area contributed by atoms with Crippen LogP contribution in [0, 0.1) is 51.8 Å². The van der Waals surface area contributed by atoms with E-state index in [0.29, 0.717) is 25.3 Å². The number of hydrogen-bond acceptors (Lipinski definition) is 6. The number of allylic oxidation sites excluding steroid dienone is 2. The summed E-state index contributed by atoms with van der Waals surface area (Å²) in [5.41, 5.74) is 1.08. The molecule has 1 aromatic rings. The van der Waals surface area contributed by atoms with Crippen molar-refractivity contribution in [3.8, 4) is 0 Å². The molecule has 1 aromatic carbocycles. The number of carbonyl (C=O) groups excluding carboxylic acids is 5. The molecular weight excluding hydrogens is 592 g/mol. The van der Waals surface area contributed by atoms with Gasteiger partial charge in [0.15, 0.2) is 0 Å². The number of fused-ring (bicyclic) bond motifs is 1. The highest BCUT2D eigenvalue weighted by Gasteiger charge is 2.71. The fourth-order valence-corrected chi connectivity index (χ4v) is 11.3. The molecule has 4 fully saturated rings. The van der Waals surface area contributed by atoms with E-state index in [2.05, 4.69) is 39.1 Å². The number of nitrogens with zero attached hydrogens (tertiary/aromatic N) is 1. The summed E-state index contributed by atoms with van der Waals surface area (Å²) in [6.45, 7) is 10.8. The minimum Gasteiger partial charge on any atom is -0.465 e. The van der Waals surface area contributed by atoms with Crippen molar-refractivity contribution < 1.29 is 28.7 Å². The lowest BCUT2D eigenvalue weighted by Crippen LogP contribution is -2.67. The lowest BCUT2D eigenvalue weighted by atomic mass is 9.33. The third kappa shape index (κ3) is 5.57. The molecule has 0 aromatic heterocycles. The van der Waals surface area contributed by atoms with Gasteiger partial charge >= 0.3 is 5.97 Å². The molecule has 4 saturated carbocycles. The second kappa shape index (κ2) is 12.6. The Morgan fingerprint density at radius 3 is 2.43 bits per heavy atom. The van der Waals surface area contributed by atoms with Crippen molar-refractivity contribution in [2.24, 2.45) is 51.8 Å². The highest BCUT2D eigenvalue weighted by atomic mass is 16.5. The fourth-order valence-electron chi connectivity index (χ4n) is 11.3. The van der Waals surface area contributed by atoms with Crippen LogP contribution in [0.3, 0.4) is 0 Å². The zero-order valence-electron chi connectivity index (χ0n) is 28.8.